The van der Waals surface area contributed by atoms with Crippen molar-refractivity contribution in [1.29, 1.82) is 0 Å². The van der Waals surface area contributed by atoms with E-state index in [1.54, 1.807) is 13.0 Å². The lowest BCUT2D eigenvalue weighted by Crippen LogP contribution is -2.06. The monoisotopic (exact) mass is 205 g/mol. The molecule has 0 atom stereocenters. The first kappa shape index (κ1) is 10.0. The smallest absolute Gasteiger partial charge is 0.338 e. The minimum Gasteiger partial charge on any atom is -0.462 e. The highest BCUT2D eigenvalue weighted by atomic mass is 16.5. The molecule has 0 saturated heterocycles. The predicted octanol–water partition coefficient (Wildman–Crippen LogP) is 2.32. The Labute approximate surface area is 89.2 Å². The van der Waals surface area contributed by atoms with E-state index in [0.717, 1.165) is 5.56 Å². The van der Waals surface area contributed by atoms with Crippen LogP contribution in [0.5, 0.6) is 0 Å². The summed E-state index contributed by atoms with van der Waals surface area (Å²) in [5, 5.41) is 0. The highest BCUT2D eigenvalue weighted by Crippen LogP contribution is 2.41. The molecule has 2 rings (SSSR count). The molecule has 3 heteroatoms. The van der Waals surface area contributed by atoms with E-state index < -0.39 is 0 Å². The number of rotatable bonds is 3. The maximum absolute atomic E-state index is 11.5. The first-order valence-corrected chi connectivity index (χ1v) is 5.28. The average Bonchev–Trinajstić information content (AvgIpc) is 3.00. The zero-order valence-corrected chi connectivity index (χ0v) is 8.82. The third kappa shape index (κ3) is 2.29. The van der Waals surface area contributed by atoms with Gasteiger partial charge in [0.05, 0.1) is 12.2 Å². The largest absolute Gasteiger partial charge is 0.462 e. The number of nitrogens with two attached hydrogens (primary N) is 1. The van der Waals surface area contributed by atoms with E-state index in [2.05, 4.69) is 0 Å². The molecular weight excluding hydrogens is 190 g/mol. The molecule has 0 radical (unpaired) electrons. The SMILES string of the molecule is CCOC(=O)c1cc(N)cc(C2CC2)c1. The predicted molar refractivity (Wildman–Crippen MR) is 58.8 cm³/mol. The van der Waals surface area contributed by atoms with Gasteiger partial charge >= 0.3 is 5.97 Å². The fourth-order valence-electron chi connectivity index (χ4n) is 1.66. The second-order valence-electron chi connectivity index (χ2n) is 3.88. The summed E-state index contributed by atoms with van der Waals surface area (Å²) in [5.74, 6) is 0.313. The van der Waals surface area contributed by atoms with Gasteiger partial charge in [-0.15, -0.1) is 0 Å². The lowest BCUT2D eigenvalue weighted by molar-refractivity contribution is 0.0526. The van der Waals surface area contributed by atoms with Gasteiger partial charge in [0.1, 0.15) is 0 Å². The lowest BCUT2D eigenvalue weighted by atomic mass is 10.1. The molecule has 0 bridgehead atoms. The van der Waals surface area contributed by atoms with Gasteiger partial charge in [-0.2, -0.15) is 0 Å². The summed E-state index contributed by atoms with van der Waals surface area (Å²) in [7, 11) is 0. The molecule has 15 heavy (non-hydrogen) atoms. The topological polar surface area (TPSA) is 52.3 Å². The molecule has 1 fully saturated rings. The molecule has 1 aromatic rings. The van der Waals surface area contributed by atoms with Gasteiger partial charge < -0.3 is 10.5 Å². The van der Waals surface area contributed by atoms with E-state index in [1.807, 2.05) is 12.1 Å². The Hall–Kier alpha value is -1.51. The number of hydrogen-bond acceptors (Lipinski definition) is 3. The zero-order valence-electron chi connectivity index (χ0n) is 8.82. The quantitative estimate of drug-likeness (QED) is 0.608. The van der Waals surface area contributed by atoms with E-state index in [-0.39, 0.29) is 5.97 Å². The average molecular weight is 205 g/mol. The van der Waals surface area contributed by atoms with Crippen LogP contribution in [0.15, 0.2) is 18.2 Å². The van der Waals surface area contributed by atoms with Crippen LogP contribution in [0.4, 0.5) is 5.69 Å². The molecule has 0 aromatic heterocycles. The number of ether oxygens (including phenoxy) is 1. The van der Waals surface area contributed by atoms with E-state index in [4.69, 9.17) is 10.5 Å². The number of carbonyl (C=O) groups is 1. The Morgan fingerprint density at radius 1 is 1.47 bits per heavy atom. The van der Waals surface area contributed by atoms with Crippen LogP contribution in [0, 0.1) is 0 Å². The van der Waals surface area contributed by atoms with Crippen LogP contribution in [-0.4, -0.2) is 12.6 Å². The number of benzene rings is 1. The van der Waals surface area contributed by atoms with Crippen molar-refractivity contribution in [2.45, 2.75) is 25.7 Å². The van der Waals surface area contributed by atoms with Gasteiger partial charge in [-0.25, -0.2) is 4.79 Å². The van der Waals surface area contributed by atoms with E-state index >= 15 is 0 Å². The van der Waals surface area contributed by atoms with Crippen molar-refractivity contribution in [1.82, 2.24) is 0 Å². The van der Waals surface area contributed by atoms with Gasteiger partial charge in [0, 0.05) is 5.69 Å². The first-order valence-electron chi connectivity index (χ1n) is 5.28. The fourth-order valence-corrected chi connectivity index (χ4v) is 1.66. The molecule has 3 nitrogen and oxygen atoms in total. The molecule has 2 N–H and O–H groups in total. The molecule has 1 aliphatic carbocycles. The third-order valence-corrected chi connectivity index (χ3v) is 2.54. The first-order chi connectivity index (χ1) is 7.20. The summed E-state index contributed by atoms with van der Waals surface area (Å²) in [6, 6.07) is 5.51. The molecule has 0 amide bonds. The van der Waals surface area contributed by atoms with Crippen molar-refractivity contribution in [2.24, 2.45) is 0 Å². The van der Waals surface area contributed by atoms with Crippen molar-refractivity contribution in [2.75, 3.05) is 12.3 Å². The lowest BCUT2D eigenvalue weighted by Gasteiger charge is -2.06. The van der Waals surface area contributed by atoms with Crippen molar-refractivity contribution in [3.8, 4) is 0 Å². The molecule has 1 saturated carbocycles. The van der Waals surface area contributed by atoms with Gasteiger partial charge in [-0.1, -0.05) is 0 Å². The zero-order chi connectivity index (χ0) is 10.8. The van der Waals surface area contributed by atoms with Crippen LogP contribution in [0.3, 0.4) is 0 Å². The maximum Gasteiger partial charge on any atom is 0.338 e. The summed E-state index contributed by atoms with van der Waals surface area (Å²) in [4.78, 5) is 11.5. The number of carbonyl (C=O) groups excluding carboxylic acids is 1. The van der Waals surface area contributed by atoms with Crippen LogP contribution < -0.4 is 5.73 Å². The Morgan fingerprint density at radius 3 is 2.80 bits per heavy atom. The Balaban J connectivity index is 2.26. The van der Waals surface area contributed by atoms with Crippen molar-refractivity contribution >= 4 is 11.7 Å². The minimum atomic E-state index is -0.285. The van der Waals surface area contributed by atoms with E-state index in [0.29, 0.717) is 23.8 Å². The summed E-state index contributed by atoms with van der Waals surface area (Å²) in [5.41, 5.74) is 8.13. The van der Waals surface area contributed by atoms with Crippen molar-refractivity contribution in [3.63, 3.8) is 0 Å². The third-order valence-electron chi connectivity index (χ3n) is 2.54. The summed E-state index contributed by atoms with van der Waals surface area (Å²) in [6.07, 6.45) is 2.40. The number of hydrogen-bond donors (Lipinski definition) is 1. The standard InChI is InChI=1S/C12H15NO2/c1-2-15-12(14)10-5-9(8-3-4-8)6-11(13)7-10/h5-8H,2-4,13H2,1H3. The number of anilines is 1. The number of nitrogen functional groups attached to an aromatic ring is 1. The van der Waals surface area contributed by atoms with Crippen LogP contribution in [-0.2, 0) is 4.74 Å². The van der Waals surface area contributed by atoms with Gasteiger partial charge in [0.15, 0.2) is 0 Å². The molecule has 1 aliphatic rings. The number of esters is 1. The summed E-state index contributed by atoms with van der Waals surface area (Å²) < 4.78 is 4.94. The van der Waals surface area contributed by atoms with E-state index in [9.17, 15) is 4.79 Å². The second-order valence-corrected chi connectivity index (χ2v) is 3.88. The normalized spacial score (nSPS) is 15.0. The van der Waals surface area contributed by atoms with Crippen molar-refractivity contribution < 1.29 is 9.53 Å². The summed E-state index contributed by atoms with van der Waals surface area (Å²) in [6.45, 7) is 2.19. The molecule has 0 unspecified atom stereocenters. The highest BCUT2D eigenvalue weighted by molar-refractivity contribution is 5.90. The van der Waals surface area contributed by atoms with Gasteiger partial charge in [-0.3, -0.25) is 0 Å². The van der Waals surface area contributed by atoms with Crippen LogP contribution >= 0.6 is 0 Å². The Kier molecular flexibility index (Phi) is 2.62. The Bertz CT molecular complexity index is 383. The van der Waals surface area contributed by atoms with Crippen LogP contribution in [0.25, 0.3) is 0 Å². The van der Waals surface area contributed by atoms with Crippen LogP contribution in [0.2, 0.25) is 0 Å². The highest BCUT2D eigenvalue weighted by Gasteiger charge is 2.24. The maximum atomic E-state index is 11.5. The van der Waals surface area contributed by atoms with Crippen LogP contribution in [0.1, 0.15) is 41.6 Å². The molecule has 0 aliphatic heterocycles. The molecule has 0 heterocycles. The molecule has 0 spiro atoms. The molecule has 80 valence electrons. The van der Waals surface area contributed by atoms with Crippen molar-refractivity contribution in [3.05, 3.63) is 29.3 Å². The van der Waals surface area contributed by atoms with Gasteiger partial charge in [0.2, 0.25) is 0 Å². The molecule has 1 aromatic carbocycles. The minimum absolute atomic E-state index is 0.285. The summed E-state index contributed by atoms with van der Waals surface area (Å²) >= 11 is 0. The van der Waals surface area contributed by atoms with E-state index in [1.165, 1.54) is 12.8 Å². The molecular formula is C12H15NO2. The fraction of sp³-hybridized carbons (Fsp3) is 0.417. The van der Waals surface area contributed by atoms with Gasteiger partial charge in [0.25, 0.3) is 0 Å². The second kappa shape index (κ2) is 3.93. The Morgan fingerprint density at radius 2 is 2.20 bits per heavy atom. The van der Waals surface area contributed by atoms with Gasteiger partial charge in [-0.05, 0) is 49.4 Å².